The second kappa shape index (κ2) is 4.96. The first kappa shape index (κ1) is 11.2. The van der Waals surface area contributed by atoms with Gasteiger partial charge in [0.05, 0.1) is 5.41 Å². The van der Waals surface area contributed by atoms with Crippen LogP contribution in [0.4, 0.5) is 0 Å². The molecule has 0 aromatic heterocycles. The molecule has 0 saturated carbocycles. The Labute approximate surface area is 74.3 Å². The number of aliphatic carboxylic acids is 1. The van der Waals surface area contributed by atoms with E-state index >= 15 is 0 Å². The third-order valence-corrected chi connectivity index (χ3v) is 1.99. The molecular weight excluding hydrogens is 152 g/mol. The minimum Gasteiger partial charge on any atom is -0.481 e. The topological polar surface area (TPSA) is 37.3 Å². The first-order valence-corrected chi connectivity index (χ1v) is 4.35. The van der Waals surface area contributed by atoms with Crippen molar-refractivity contribution in [2.24, 2.45) is 5.41 Å². The van der Waals surface area contributed by atoms with Crippen LogP contribution in [0.25, 0.3) is 0 Å². The van der Waals surface area contributed by atoms with Gasteiger partial charge in [-0.25, -0.2) is 0 Å². The van der Waals surface area contributed by atoms with Gasteiger partial charge in [-0.05, 0) is 40.0 Å². The molecule has 0 aliphatic carbocycles. The SMILES string of the molecule is CC=CCCCC(C)(C)C(=O)O. The van der Waals surface area contributed by atoms with Gasteiger partial charge < -0.3 is 5.11 Å². The van der Waals surface area contributed by atoms with Gasteiger partial charge in [-0.2, -0.15) is 0 Å². The highest BCUT2D eigenvalue weighted by molar-refractivity contribution is 5.73. The van der Waals surface area contributed by atoms with Gasteiger partial charge in [0.1, 0.15) is 0 Å². The zero-order chi connectivity index (χ0) is 9.61. The molecule has 0 atom stereocenters. The van der Waals surface area contributed by atoms with Crippen LogP contribution in [0.15, 0.2) is 12.2 Å². The van der Waals surface area contributed by atoms with Gasteiger partial charge in [-0.15, -0.1) is 0 Å². The van der Waals surface area contributed by atoms with Gasteiger partial charge in [-0.3, -0.25) is 4.79 Å². The maximum atomic E-state index is 10.7. The predicted molar refractivity (Wildman–Crippen MR) is 50.1 cm³/mol. The van der Waals surface area contributed by atoms with Gasteiger partial charge in [0, 0.05) is 0 Å². The fraction of sp³-hybridized carbons (Fsp3) is 0.700. The predicted octanol–water partition coefficient (Wildman–Crippen LogP) is 2.84. The first-order valence-electron chi connectivity index (χ1n) is 4.35. The van der Waals surface area contributed by atoms with Crippen molar-refractivity contribution < 1.29 is 9.90 Å². The molecule has 0 radical (unpaired) electrons. The highest BCUT2D eigenvalue weighted by atomic mass is 16.4. The average Bonchev–Trinajstić information content (AvgIpc) is 1.98. The van der Waals surface area contributed by atoms with Crippen molar-refractivity contribution in [2.45, 2.75) is 40.0 Å². The van der Waals surface area contributed by atoms with Crippen LogP contribution < -0.4 is 0 Å². The Balaban J connectivity index is 3.69. The molecule has 0 rings (SSSR count). The zero-order valence-electron chi connectivity index (χ0n) is 8.13. The fourth-order valence-electron chi connectivity index (χ4n) is 0.935. The number of rotatable bonds is 5. The lowest BCUT2D eigenvalue weighted by atomic mass is 9.87. The lowest BCUT2D eigenvalue weighted by Gasteiger charge is -2.17. The Morgan fingerprint density at radius 3 is 2.50 bits per heavy atom. The normalized spacial score (nSPS) is 12.2. The lowest BCUT2D eigenvalue weighted by molar-refractivity contribution is -0.147. The molecule has 0 aromatic rings. The van der Waals surface area contributed by atoms with Crippen molar-refractivity contribution in [3.8, 4) is 0 Å². The number of allylic oxidation sites excluding steroid dienone is 2. The molecule has 0 unspecified atom stereocenters. The summed E-state index contributed by atoms with van der Waals surface area (Å²) in [5, 5.41) is 8.78. The second-order valence-electron chi connectivity index (χ2n) is 3.65. The third kappa shape index (κ3) is 4.16. The Bertz CT molecular complexity index is 169. The van der Waals surface area contributed by atoms with Crippen molar-refractivity contribution in [3.05, 3.63) is 12.2 Å². The highest BCUT2D eigenvalue weighted by Gasteiger charge is 2.25. The summed E-state index contributed by atoms with van der Waals surface area (Å²) in [4.78, 5) is 10.7. The van der Waals surface area contributed by atoms with Crippen LogP contribution in [-0.2, 0) is 4.79 Å². The van der Waals surface area contributed by atoms with E-state index in [1.165, 1.54) is 0 Å². The van der Waals surface area contributed by atoms with Crippen LogP contribution in [0, 0.1) is 5.41 Å². The fourth-order valence-corrected chi connectivity index (χ4v) is 0.935. The number of hydrogen-bond donors (Lipinski definition) is 1. The van der Waals surface area contributed by atoms with Crippen LogP contribution in [0.3, 0.4) is 0 Å². The smallest absolute Gasteiger partial charge is 0.309 e. The summed E-state index contributed by atoms with van der Waals surface area (Å²) in [5.74, 6) is -0.706. The van der Waals surface area contributed by atoms with Gasteiger partial charge >= 0.3 is 5.97 Å². The van der Waals surface area contributed by atoms with E-state index in [0.29, 0.717) is 0 Å². The molecule has 1 N–H and O–H groups in total. The summed E-state index contributed by atoms with van der Waals surface area (Å²) in [5.41, 5.74) is -0.568. The molecule has 0 fully saturated rings. The van der Waals surface area contributed by atoms with Gasteiger partial charge in [0.25, 0.3) is 0 Å². The molecule has 0 aromatic carbocycles. The van der Waals surface area contributed by atoms with Gasteiger partial charge in [0.15, 0.2) is 0 Å². The molecule has 0 bridgehead atoms. The van der Waals surface area contributed by atoms with E-state index in [-0.39, 0.29) is 0 Å². The number of carbonyl (C=O) groups is 1. The average molecular weight is 170 g/mol. The van der Waals surface area contributed by atoms with Crippen molar-refractivity contribution >= 4 is 5.97 Å². The van der Waals surface area contributed by atoms with Crippen LogP contribution in [0.2, 0.25) is 0 Å². The molecule has 0 aliphatic rings. The maximum Gasteiger partial charge on any atom is 0.309 e. The summed E-state index contributed by atoms with van der Waals surface area (Å²) in [6, 6.07) is 0. The summed E-state index contributed by atoms with van der Waals surface area (Å²) in [6.07, 6.45) is 6.73. The molecule has 0 amide bonds. The van der Waals surface area contributed by atoms with E-state index in [2.05, 4.69) is 6.08 Å². The summed E-state index contributed by atoms with van der Waals surface area (Å²) >= 11 is 0. The molecule has 0 aliphatic heterocycles. The van der Waals surface area contributed by atoms with E-state index in [0.717, 1.165) is 19.3 Å². The maximum absolute atomic E-state index is 10.7. The Hall–Kier alpha value is -0.790. The quantitative estimate of drug-likeness (QED) is 0.509. The van der Waals surface area contributed by atoms with Crippen LogP contribution >= 0.6 is 0 Å². The molecule has 2 heteroatoms. The second-order valence-corrected chi connectivity index (χ2v) is 3.65. The van der Waals surface area contributed by atoms with E-state index in [1.54, 1.807) is 13.8 Å². The molecule has 0 heterocycles. The lowest BCUT2D eigenvalue weighted by Crippen LogP contribution is -2.23. The number of hydrogen-bond acceptors (Lipinski definition) is 1. The molecule has 12 heavy (non-hydrogen) atoms. The van der Waals surface area contributed by atoms with Crippen LogP contribution in [0.1, 0.15) is 40.0 Å². The van der Waals surface area contributed by atoms with Crippen molar-refractivity contribution in [2.75, 3.05) is 0 Å². The molecule has 0 spiro atoms. The number of carboxylic acid groups (broad SMARTS) is 1. The van der Waals surface area contributed by atoms with Gasteiger partial charge in [-0.1, -0.05) is 12.2 Å². The van der Waals surface area contributed by atoms with Crippen molar-refractivity contribution in [3.63, 3.8) is 0 Å². The summed E-state index contributed by atoms with van der Waals surface area (Å²) in [7, 11) is 0. The number of carboxylic acids is 1. The van der Waals surface area contributed by atoms with E-state index in [4.69, 9.17) is 5.11 Å². The standard InChI is InChI=1S/C10H18O2/c1-4-5-6-7-8-10(2,3)9(11)12/h4-5H,6-8H2,1-3H3,(H,11,12). The largest absolute Gasteiger partial charge is 0.481 e. The Morgan fingerprint density at radius 1 is 1.50 bits per heavy atom. The monoisotopic (exact) mass is 170 g/mol. The van der Waals surface area contributed by atoms with Crippen LogP contribution in [-0.4, -0.2) is 11.1 Å². The van der Waals surface area contributed by atoms with Crippen molar-refractivity contribution in [1.29, 1.82) is 0 Å². The minimum absolute atomic E-state index is 0.568. The highest BCUT2D eigenvalue weighted by Crippen LogP contribution is 2.23. The minimum atomic E-state index is -0.706. The zero-order valence-corrected chi connectivity index (χ0v) is 8.13. The van der Waals surface area contributed by atoms with E-state index in [9.17, 15) is 4.79 Å². The molecule has 70 valence electrons. The Kier molecular flexibility index (Phi) is 4.64. The summed E-state index contributed by atoms with van der Waals surface area (Å²) < 4.78 is 0. The van der Waals surface area contributed by atoms with Crippen molar-refractivity contribution in [1.82, 2.24) is 0 Å². The van der Waals surface area contributed by atoms with Crippen LogP contribution in [0.5, 0.6) is 0 Å². The molecule has 2 nitrogen and oxygen atoms in total. The summed E-state index contributed by atoms with van der Waals surface area (Å²) in [6.45, 7) is 5.51. The van der Waals surface area contributed by atoms with E-state index < -0.39 is 11.4 Å². The number of unbranched alkanes of at least 4 members (excludes halogenated alkanes) is 1. The molecular formula is C10H18O2. The third-order valence-electron chi connectivity index (χ3n) is 1.99. The van der Waals surface area contributed by atoms with Gasteiger partial charge in [0.2, 0.25) is 0 Å². The first-order chi connectivity index (χ1) is 5.50. The molecule has 0 saturated heterocycles. The van der Waals surface area contributed by atoms with E-state index in [1.807, 2.05) is 13.0 Å². The Morgan fingerprint density at radius 2 is 2.08 bits per heavy atom.